The van der Waals surface area contributed by atoms with Gasteiger partial charge in [0.05, 0.1) is 18.6 Å². The lowest BCUT2D eigenvalue weighted by Gasteiger charge is -2.42. The molecule has 1 saturated carbocycles. The number of hydrogen-bond donors (Lipinski definition) is 1. The number of methoxy groups -OCH3 is 1. The summed E-state index contributed by atoms with van der Waals surface area (Å²) in [5.41, 5.74) is 0.784. The van der Waals surface area contributed by atoms with Gasteiger partial charge in [-0.3, -0.25) is 4.90 Å². The third kappa shape index (κ3) is 4.34. The maximum atomic E-state index is 9.84. The highest BCUT2D eigenvalue weighted by Crippen LogP contribution is 2.41. The molecule has 0 radical (unpaired) electrons. The van der Waals surface area contributed by atoms with E-state index in [1.807, 2.05) is 18.2 Å². The Morgan fingerprint density at radius 1 is 1.21 bits per heavy atom. The van der Waals surface area contributed by atoms with Crippen molar-refractivity contribution in [2.45, 2.75) is 37.1 Å². The van der Waals surface area contributed by atoms with Crippen LogP contribution in [0.25, 0.3) is 0 Å². The van der Waals surface area contributed by atoms with E-state index in [1.165, 1.54) is 0 Å². The molecule has 4 nitrogen and oxygen atoms in total. The highest BCUT2D eigenvalue weighted by Gasteiger charge is 2.39. The van der Waals surface area contributed by atoms with Gasteiger partial charge < -0.3 is 10.1 Å². The molecule has 0 spiro atoms. The molecule has 0 aromatic heterocycles. The van der Waals surface area contributed by atoms with Gasteiger partial charge in [0.25, 0.3) is 0 Å². The maximum Gasteiger partial charge on any atom is 0.119 e. The zero-order valence-electron chi connectivity index (χ0n) is 14.2. The molecule has 2 aliphatic rings. The first kappa shape index (κ1) is 21.1. The molecule has 2 fully saturated rings. The van der Waals surface area contributed by atoms with Crippen LogP contribution < -0.4 is 10.1 Å². The Kier molecular flexibility index (Phi) is 8.32. The Morgan fingerprint density at radius 2 is 1.88 bits per heavy atom. The SMILES string of the molecule is COc1cccc([C@]2(C#N)CC[C@H](N3CCNCC3)CC2)c1.Cl.Cl. The molecule has 1 aliphatic heterocycles. The molecule has 0 amide bonds. The highest BCUT2D eigenvalue weighted by molar-refractivity contribution is 5.85. The van der Waals surface area contributed by atoms with Crippen molar-refractivity contribution in [3.05, 3.63) is 29.8 Å². The predicted octanol–water partition coefficient (Wildman–Crippen LogP) is 3.15. The third-order valence-electron chi connectivity index (χ3n) is 5.31. The third-order valence-corrected chi connectivity index (χ3v) is 5.31. The summed E-state index contributed by atoms with van der Waals surface area (Å²) in [5, 5.41) is 13.3. The molecule has 0 unspecified atom stereocenters. The largest absolute Gasteiger partial charge is 0.497 e. The van der Waals surface area contributed by atoms with E-state index in [0.29, 0.717) is 6.04 Å². The fourth-order valence-electron chi connectivity index (χ4n) is 3.89. The van der Waals surface area contributed by atoms with Crippen molar-refractivity contribution >= 4 is 24.8 Å². The van der Waals surface area contributed by atoms with Gasteiger partial charge in [-0.25, -0.2) is 0 Å². The van der Waals surface area contributed by atoms with Gasteiger partial charge >= 0.3 is 0 Å². The Labute approximate surface area is 157 Å². The van der Waals surface area contributed by atoms with Crippen LogP contribution in [-0.4, -0.2) is 44.2 Å². The van der Waals surface area contributed by atoms with E-state index < -0.39 is 0 Å². The van der Waals surface area contributed by atoms with Gasteiger partial charge in [0.2, 0.25) is 0 Å². The van der Waals surface area contributed by atoms with Gasteiger partial charge in [-0.2, -0.15) is 5.26 Å². The molecule has 1 aliphatic carbocycles. The predicted molar refractivity (Wildman–Crippen MR) is 101 cm³/mol. The van der Waals surface area contributed by atoms with Crippen molar-refractivity contribution in [1.82, 2.24) is 10.2 Å². The number of ether oxygens (including phenoxy) is 1. The van der Waals surface area contributed by atoms with Crippen LogP contribution in [0.15, 0.2) is 24.3 Å². The summed E-state index contributed by atoms with van der Waals surface area (Å²) in [6.07, 6.45) is 4.13. The lowest BCUT2D eigenvalue weighted by atomic mass is 9.69. The molecule has 0 bridgehead atoms. The summed E-state index contributed by atoms with van der Waals surface area (Å²) < 4.78 is 5.33. The van der Waals surface area contributed by atoms with Crippen molar-refractivity contribution in [2.24, 2.45) is 0 Å². The molecule has 0 atom stereocenters. The fraction of sp³-hybridized carbons (Fsp3) is 0.611. The van der Waals surface area contributed by atoms with Crippen LogP contribution in [-0.2, 0) is 5.41 Å². The molecule has 1 saturated heterocycles. The first-order chi connectivity index (χ1) is 10.8. The minimum atomic E-state index is -0.334. The maximum absolute atomic E-state index is 9.84. The number of halogens is 2. The number of rotatable bonds is 3. The van der Waals surface area contributed by atoms with Crippen LogP contribution in [0.5, 0.6) is 5.75 Å². The average molecular weight is 372 g/mol. The van der Waals surface area contributed by atoms with E-state index in [-0.39, 0.29) is 30.2 Å². The van der Waals surface area contributed by atoms with Crippen LogP contribution in [0.4, 0.5) is 0 Å². The van der Waals surface area contributed by atoms with E-state index in [1.54, 1.807) is 7.11 Å². The molecule has 1 N–H and O–H groups in total. The molecule has 1 aromatic carbocycles. The van der Waals surface area contributed by atoms with Crippen molar-refractivity contribution in [2.75, 3.05) is 33.3 Å². The van der Waals surface area contributed by atoms with E-state index >= 15 is 0 Å². The fourth-order valence-corrected chi connectivity index (χ4v) is 3.89. The second kappa shape index (κ2) is 9.48. The average Bonchev–Trinajstić information content (AvgIpc) is 2.62. The second-order valence-electron chi connectivity index (χ2n) is 6.44. The molecule has 1 heterocycles. The molecule has 3 rings (SSSR count). The molecular weight excluding hydrogens is 345 g/mol. The van der Waals surface area contributed by atoms with Gasteiger partial charge in [-0.05, 0) is 43.4 Å². The number of piperazine rings is 1. The quantitative estimate of drug-likeness (QED) is 0.886. The molecule has 134 valence electrons. The Hall–Kier alpha value is -0.990. The number of nitrogens with one attached hydrogen (secondary N) is 1. The van der Waals surface area contributed by atoms with Gasteiger partial charge in [-0.1, -0.05) is 12.1 Å². The number of nitrogens with zero attached hydrogens (tertiary/aromatic N) is 2. The first-order valence-corrected chi connectivity index (χ1v) is 8.28. The Bertz CT molecular complexity index is 547. The summed E-state index contributed by atoms with van der Waals surface area (Å²) in [6.45, 7) is 4.47. The zero-order chi connectivity index (χ0) is 15.4. The zero-order valence-corrected chi connectivity index (χ0v) is 15.8. The lowest BCUT2D eigenvalue weighted by molar-refractivity contribution is 0.122. The van der Waals surface area contributed by atoms with Gasteiger partial charge in [-0.15, -0.1) is 24.8 Å². The van der Waals surface area contributed by atoms with Crippen LogP contribution in [0.2, 0.25) is 0 Å². The van der Waals surface area contributed by atoms with Crippen LogP contribution in [0.1, 0.15) is 31.2 Å². The topological polar surface area (TPSA) is 48.3 Å². The summed E-state index contributed by atoms with van der Waals surface area (Å²) in [5.74, 6) is 0.844. The van der Waals surface area contributed by atoms with E-state index in [9.17, 15) is 5.26 Å². The summed E-state index contributed by atoms with van der Waals surface area (Å²) in [7, 11) is 1.68. The Morgan fingerprint density at radius 3 is 2.46 bits per heavy atom. The van der Waals surface area contributed by atoms with E-state index in [4.69, 9.17) is 4.74 Å². The summed E-state index contributed by atoms with van der Waals surface area (Å²) >= 11 is 0. The minimum Gasteiger partial charge on any atom is -0.497 e. The van der Waals surface area contributed by atoms with Crippen molar-refractivity contribution in [3.8, 4) is 11.8 Å². The Balaban J connectivity index is 0.00000144. The molecule has 1 aromatic rings. The normalized spacial score (nSPS) is 27.2. The van der Waals surface area contributed by atoms with Gasteiger partial charge in [0.1, 0.15) is 5.75 Å². The summed E-state index contributed by atoms with van der Waals surface area (Å²) in [4.78, 5) is 2.60. The molecular formula is C18H27Cl2N3O. The highest BCUT2D eigenvalue weighted by atomic mass is 35.5. The van der Waals surface area contributed by atoms with Gasteiger partial charge in [0.15, 0.2) is 0 Å². The number of benzene rings is 1. The van der Waals surface area contributed by atoms with Crippen LogP contribution in [0, 0.1) is 11.3 Å². The molecule has 6 heteroatoms. The van der Waals surface area contributed by atoms with Crippen molar-refractivity contribution in [1.29, 1.82) is 5.26 Å². The van der Waals surface area contributed by atoms with Crippen molar-refractivity contribution in [3.63, 3.8) is 0 Å². The molecule has 24 heavy (non-hydrogen) atoms. The number of hydrogen-bond acceptors (Lipinski definition) is 4. The monoisotopic (exact) mass is 371 g/mol. The lowest BCUT2D eigenvalue weighted by Crippen LogP contribution is -2.50. The number of nitriles is 1. The van der Waals surface area contributed by atoms with E-state index in [0.717, 1.165) is 63.2 Å². The van der Waals surface area contributed by atoms with Gasteiger partial charge in [0, 0.05) is 32.2 Å². The second-order valence-corrected chi connectivity index (χ2v) is 6.44. The van der Waals surface area contributed by atoms with Crippen LogP contribution in [0.3, 0.4) is 0 Å². The van der Waals surface area contributed by atoms with Crippen molar-refractivity contribution < 1.29 is 4.74 Å². The van der Waals surface area contributed by atoms with E-state index in [2.05, 4.69) is 22.4 Å². The minimum absolute atomic E-state index is 0. The first-order valence-electron chi connectivity index (χ1n) is 8.28. The summed E-state index contributed by atoms with van der Waals surface area (Å²) in [6, 6.07) is 11.3. The van der Waals surface area contributed by atoms with Crippen LogP contribution >= 0.6 is 24.8 Å². The smallest absolute Gasteiger partial charge is 0.119 e. The standard InChI is InChI=1S/C18H25N3O.2ClH/c1-22-17-4-2-3-15(13-17)18(14-19)7-5-16(6-8-18)21-11-9-20-10-12-21;;/h2-4,13,16,20H,5-12H2,1H3;2*1H/t16-,18+;;.